The Kier molecular flexibility index (Phi) is 6.31. The monoisotopic (exact) mass is 326 g/mol. The van der Waals surface area contributed by atoms with Crippen molar-refractivity contribution in [2.45, 2.75) is 32.4 Å². The van der Waals surface area contributed by atoms with Crippen LogP contribution in [0.3, 0.4) is 0 Å². The van der Waals surface area contributed by atoms with Crippen molar-refractivity contribution < 1.29 is 9.90 Å². The van der Waals surface area contributed by atoms with Crippen LogP contribution in [-0.4, -0.2) is 77.7 Å². The highest BCUT2D eigenvalue weighted by Crippen LogP contribution is 2.17. The van der Waals surface area contributed by atoms with Crippen LogP contribution in [0.4, 0.5) is 5.13 Å². The third-order valence-electron chi connectivity index (χ3n) is 4.10. The second kappa shape index (κ2) is 8.01. The third kappa shape index (κ3) is 4.49. The Morgan fingerprint density at radius 3 is 2.95 bits per heavy atom. The topological polar surface area (TPSA) is 59.9 Å². The highest BCUT2D eigenvalue weighted by atomic mass is 32.1. The zero-order valence-electron chi connectivity index (χ0n) is 13.6. The maximum Gasteiger partial charge on any atom is 0.242 e. The maximum absolute atomic E-state index is 12.4. The van der Waals surface area contributed by atoms with Crippen LogP contribution < -0.4 is 4.90 Å². The molecule has 0 unspecified atom stereocenters. The van der Waals surface area contributed by atoms with Crippen molar-refractivity contribution in [1.29, 1.82) is 0 Å². The molecule has 0 aromatic carbocycles. The molecule has 0 saturated carbocycles. The van der Waals surface area contributed by atoms with Crippen LogP contribution in [0.5, 0.6) is 0 Å². The van der Waals surface area contributed by atoms with Crippen LogP contribution in [0.25, 0.3) is 0 Å². The quantitative estimate of drug-likeness (QED) is 0.841. The van der Waals surface area contributed by atoms with E-state index in [4.69, 9.17) is 0 Å². The number of likely N-dealkylation sites (N-methyl/N-ethyl adjacent to an activating group) is 1. The van der Waals surface area contributed by atoms with Gasteiger partial charge in [0.25, 0.3) is 0 Å². The lowest BCUT2D eigenvalue weighted by Crippen LogP contribution is -2.56. The molecule has 6 nitrogen and oxygen atoms in total. The number of carbonyl (C=O) groups is 1. The zero-order valence-corrected chi connectivity index (χ0v) is 14.4. The Hall–Kier alpha value is -1.02. The lowest BCUT2D eigenvalue weighted by atomic mass is 10.1. The first-order chi connectivity index (χ1) is 10.5. The molecule has 1 fully saturated rings. The molecule has 2 rings (SSSR count). The van der Waals surface area contributed by atoms with Gasteiger partial charge in [-0.05, 0) is 13.3 Å². The highest BCUT2D eigenvalue weighted by molar-refractivity contribution is 7.13. The average Bonchev–Trinajstić information content (AvgIpc) is 3.01. The van der Waals surface area contributed by atoms with Gasteiger partial charge in [0, 0.05) is 50.8 Å². The van der Waals surface area contributed by atoms with Gasteiger partial charge in [-0.1, -0.05) is 6.92 Å². The van der Waals surface area contributed by atoms with E-state index in [2.05, 4.69) is 21.7 Å². The molecule has 1 aliphatic heterocycles. The predicted octanol–water partition coefficient (Wildman–Crippen LogP) is 0.883. The van der Waals surface area contributed by atoms with Crippen molar-refractivity contribution in [3.05, 3.63) is 11.6 Å². The Balaban J connectivity index is 1.88. The number of anilines is 1. The molecule has 0 bridgehead atoms. The van der Waals surface area contributed by atoms with E-state index in [1.807, 2.05) is 12.3 Å². The van der Waals surface area contributed by atoms with E-state index in [-0.39, 0.29) is 12.0 Å². The third-order valence-corrected chi connectivity index (χ3v) is 4.95. The van der Waals surface area contributed by atoms with Crippen LogP contribution >= 0.6 is 11.3 Å². The summed E-state index contributed by atoms with van der Waals surface area (Å²) in [7, 11) is 1.78. The number of aliphatic hydroxyl groups is 1. The van der Waals surface area contributed by atoms with E-state index >= 15 is 0 Å². The fourth-order valence-electron chi connectivity index (χ4n) is 2.85. The molecule has 0 radical (unpaired) electrons. The molecule has 1 N–H and O–H groups in total. The highest BCUT2D eigenvalue weighted by Gasteiger charge is 2.28. The minimum Gasteiger partial charge on any atom is -0.392 e. The molecule has 1 aliphatic rings. The normalized spacial score (nSPS) is 21.7. The Morgan fingerprint density at radius 2 is 2.36 bits per heavy atom. The number of rotatable bonds is 6. The van der Waals surface area contributed by atoms with Crippen LogP contribution in [0.2, 0.25) is 0 Å². The van der Waals surface area contributed by atoms with Gasteiger partial charge in [0.15, 0.2) is 5.13 Å². The van der Waals surface area contributed by atoms with Gasteiger partial charge in [-0.15, -0.1) is 11.3 Å². The first kappa shape index (κ1) is 17.3. The predicted molar refractivity (Wildman–Crippen MR) is 89.3 cm³/mol. The fourth-order valence-corrected chi connectivity index (χ4v) is 3.48. The second-order valence-corrected chi connectivity index (χ2v) is 6.78. The molecule has 22 heavy (non-hydrogen) atoms. The molecule has 7 heteroatoms. The van der Waals surface area contributed by atoms with Crippen LogP contribution in [-0.2, 0) is 4.79 Å². The van der Waals surface area contributed by atoms with Gasteiger partial charge in [-0.3, -0.25) is 19.5 Å². The van der Waals surface area contributed by atoms with E-state index in [1.165, 1.54) is 11.3 Å². The number of hydrogen-bond donors (Lipinski definition) is 1. The number of amides is 1. The summed E-state index contributed by atoms with van der Waals surface area (Å²) in [5, 5.41) is 12.2. The summed E-state index contributed by atoms with van der Waals surface area (Å²) < 4.78 is 0. The van der Waals surface area contributed by atoms with Crippen LogP contribution in [0, 0.1) is 0 Å². The smallest absolute Gasteiger partial charge is 0.242 e. The summed E-state index contributed by atoms with van der Waals surface area (Å²) in [5.74, 6) is 0.0776. The molecule has 1 aromatic rings. The van der Waals surface area contributed by atoms with Gasteiger partial charge in [-0.25, -0.2) is 4.98 Å². The van der Waals surface area contributed by atoms with Crippen molar-refractivity contribution in [2.75, 3.05) is 44.7 Å². The summed E-state index contributed by atoms with van der Waals surface area (Å²) in [4.78, 5) is 22.7. The molecule has 2 heterocycles. The van der Waals surface area contributed by atoms with Gasteiger partial charge < -0.3 is 5.11 Å². The van der Waals surface area contributed by atoms with E-state index in [9.17, 15) is 9.90 Å². The molecular formula is C15H26N4O2S. The van der Waals surface area contributed by atoms with E-state index in [1.54, 1.807) is 18.1 Å². The Morgan fingerprint density at radius 1 is 1.59 bits per heavy atom. The van der Waals surface area contributed by atoms with Gasteiger partial charge in [0.1, 0.15) is 0 Å². The molecule has 1 aromatic heterocycles. The van der Waals surface area contributed by atoms with E-state index in [0.717, 1.165) is 31.2 Å². The second-order valence-electron chi connectivity index (χ2n) is 5.91. The molecule has 2 atom stereocenters. The van der Waals surface area contributed by atoms with Gasteiger partial charge in [0.2, 0.25) is 5.91 Å². The van der Waals surface area contributed by atoms with Crippen molar-refractivity contribution >= 4 is 22.4 Å². The summed E-state index contributed by atoms with van der Waals surface area (Å²) >= 11 is 1.47. The molecule has 1 saturated heterocycles. The fraction of sp³-hybridized carbons (Fsp3) is 0.733. The zero-order chi connectivity index (χ0) is 16.1. The number of piperazine rings is 1. The maximum atomic E-state index is 12.4. The Labute approximate surface area is 136 Å². The minimum absolute atomic E-state index is 0.0776. The number of aromatic nitrogens is 1. The van der Waals surface area contributed by atoms with Gasteiger partial charge in [-0.2, -0.15) is 0 Å². The lowest BCUT2D eigenvalue weighted by Gasteiger charge is -2.41. The van der Waals surface area contributed by atoms with E-state index in [0.29, 0.717) is 19.1 Å². The first-order valence-electron chi connectivity index (χ1n) is 7.81. The molecule has 0 aliphatic carbocycles. The summed E-state index contributed by atoms with van der Waals surface area (Å²) in [5.41, 5.74) is 0. The SMILES string of the molecule is CC[C@@H]1CN(CC(=O)N(C)c2nccs2)CCN1C[C@H](C)O. The lowest BCUT2D eigenvalue weighted by molar-refractivity contribution is -0.120. The van der Waals surface area contributed by atoms with Crippen molar-refractivity contribution in [3.63, 3.8) is 0 Å². The summed E-state index contributed by atoms with van der Waals surface area (Å²) in [6, 6.07) is 0.404. The number of carbonyl (C=O) groups excluding carboxylic acids is 1. The summed E-state index contributed by atoms with van der Waals surface area (Å²) in [6.45, 7) is 7.76. The van der Waals surface area contributed by atoms with Crippen molar-refractivity contribution in [3.8, 4) is 0 Å². The number of aliphatic hydroxyl groups excluding tert-OH is 1. The van der Waals surface area contributed by atoms with Gasteiger partial charge >= 0.3 is 0 Å². The van der Waals surface area contributed by atoms with E-state index < -0.39 is 0 Å². The molecule has 0 spiro atoms. The molecule has 124 valence electrons. The largest absolute Gasteiger partial charge is 0.392 e. The van der Waals surface area contributed by atoms with Crippen molar-refractivity contribution in [2.24, 2.45) is 0 Å². The summed E-state index contributed by atoms with van der Waals surface area (Å²) in [6.07, 6.45) is 2.43. The first-order valence-corrected chi connectivity index (χ1v) is 8.69. The standard InChI is InChI=1S/C15H26N4O2S/c1-4-13-10-18(6-7-19(13)9-12(2)20)11-14(21)17(3)15-16-5-8-22-15/h5,8,12-13,20H,4,6-7,9-11H2,1-3H3/t12-,13+/m0/s1. The number of nitrogens with zero attached hydrogens (tertiary/aromatic N) is 4. The number of thiazole rings is 1. The van der Waals surface area contributed by atoms with Crippen LogP contribution in [0.1, 0.15) is 20.3 Å². The van der Waals surface area contributed by atoms with Crippen LogP contribution in [0.15, 0.2) is 11.6 Å². The molecule has 1 amide bonds. The minimum atomic E-state index is -0.307. The Bertz CT molecular complexity index is 466. The van der Waals surface area contributed by atoms with Crippen molar-refractivity contribution in [1.82, 2.24) is 14.8 Å². The van der Waals surface area contributed by atoms with Gasteiger partial charge in [0.05, 0.1) is 12.6 Å². The number of hydrogen-bond acceptors (Lipinski definition) is 6. The average molecular weight is 326 g/mol. The number of β-amino-alcohol motifs (C(OH)–C–C–N with tert-alkyl or cyclic N) is 1. The molecular weight excluding hydrogens is 300 g/mol.